The highest BCUT2D eigenvalue weighted by molar-refractivity contribution is 5.78. The average molecular weight is 226 g/mol. The normalized spacial score (nSPS) is 16.5. The Morgan fingerprint density at radius 2 is 1.94 bits per heavy atom. The summed E-state index contributed by atoms with van der Waals surface area (Å²) in [5.74, 6) is -2.23. The van der Waals surface area contributed by atoms with E-state index in [1.807, 2.05) is 0 Å². The Labute approximate surface area is 93.5 Å². The molecule has 0 bridgehead atoms. The fourth-order valence-electron chi connectivity index (χ4n) is 1.67. The van der Waals surface area contributed by atoms with Crippen LogP contribution in [-0.4, -0.2) is 21.8 Å². The van der Waals surface area contributed by atoms with Crippen molar-refractivity contribution in [1.29, 1.82) is 0 Å². The van der Waals surface area contributed by atoms with Gasteiger partial charge in [0.15, 0.2) is 5.60 Å². The van der Waals surface area contributed by atoms with E-state index in [0.717, 1.165) is 0 Å². The van der Waals surface area contributed by atoms with Crippen LogP contribution in [0.5, 0.6) is 0 Å². The van der Waals surface area contributed by atoms with Crippen molar-refractivity contribution in [2.24, 2.45) is 0 Å². The van der Waals surface area contributed by atoms with E-state index >= 15 is 0 Å². The van der Waals surface area contributed by atoms with E-state index in [1.54, 1.807) is 13.8 Å². The number of benzene rings is 1. The van der Waals surface area contributed by atoms with E-state index in [0.29, 0.717) is 5.56 Å². The smallest absolute Gasteiger partial charge is 0.336 e. The van der Waals surface area contributed by atoms with E-state index in [-0.39, 0.29) is 12.2 Å². The largest absolute Gasteiger partial charge is 0.479 e. The van der Waals surface area contributed by atoms with Crippen molar-refractivity contribution < 1.29 is 19.4 Å². The van der Waals surface area contributed by atoms with Gasteiger partial charge in [0.25, 0.3) is 0 Å². The first kappa shape index (κ1) is 12.6. The molecular weight excluding hydrogens is 211 g/mol. The summed E-state index contributed by atoms with van der Waals surface area (Å²) in [6.07, 6.45) is 0.0981. The minimum atomic E-state index is -1.81. The van der Waals surface area contributed by atoms with Crippen molar-refractivity contribution >= 4 is 5.97 Å². The molecule has 0 radical (unpaired) electrons. The van der Waals surface area contributed by atoms with E-state index in [2.05, 4.69) is 0 Å². The highest BCUT2D eigenvalue weighted by Crippen LogP contribution is 2.31. The molecule has 2 atom stereocenters. The van der Waals surface area contributed by atoms with Crippen molar-refractivity contribution in [3.05, 3.63) is 35.6 Å². The number of carboxylic acid groups (broad SMARTS) is 1. The lowest BCUT2D eigenvalue weighted by Gasteiger charge is -2.29. The number of hydrogen-bond acceptors (Lipinski definition) is 2. The Morgan fingerprint density at radius 1 is 1.44 bits per heavy atom. The third-order valence-electron chi connectivity index (χ3n) is 3.00. The fourth-order valence-corrected chi connectivity index (χ4v) is 1.67. The zero-order chi connectivity index (χ0) is 12.3. The standard InChI is InChI=1S/C12H15FO3/c1-3-12(16,11(14)15)8(2)9-4-6-10(13)7-5-9/h4-8,16H,3H2,1-2H3,(H,14,15). The molecule has 0 saturated carbocycles. The molecule has 4 heteroatoms. The van der Waals surface area contributed by atoms with Gasteiger partial charge in [-0.1, -0.05) is 26.0 Å². The molecule has 0 heterocycles. The summed E-state index contributed by atoms with van der Waals surface area (Å²) < 4.78 is 12.7. The van der Waals surface area contributed by atoms with Crippen molar-refractivity contribution in [1.82, 2.24) is 0 Å². The lowest BCUT2D eigenvalue weighted by Crippen LogP contribution is -2.42. The summed E-state index contributed by atoms with van der Waals surface area (Å²) >= 11 is 0. The molecule has 16 heavy (non-hydrogen) atoms. The second kappa shape index (κ2) is 4.61. The van der Waals surface area contributed by atoms with Crippen molar-refractivity contribution in [3.8, 4) is 0 Å². The van der Waals surface area contributed by atoms with Gasteiger partial charge < -0.3 is 10.2 Å². The van der Waals surface area contributed by atoms with Gasteiger partial charge in [-0.05, 0) is 24.1 Å². The molecule has 0 amide bonds. The van der Waals surface area contributed by atoms with Crippen molar-refractivity contribution in [2.45, 2.75) is 31.8 Å². The quantitative estimate of drug-likeness (QED) is 0.827. The Bertz CT molecular complexity index is 374. The van der Waals surface area contributed by atoms with Crippen LogP contribution in [0.25, 0.3) is 0 Å². The number of aliphatic hydroxyl groups is 1. The molecule has 0 aliphatic rings. The minimum Gasteiger partial charge on any atom is -0.479 e. The third kappa shape index (κ3) is 2.22. The van der Waals surface area contributed by atoms with Crippen LogP contribution < -0.4 is 0 Å². The number of carboxylic acids is 1. The van der Waals surface area contributed by atoms with Gasteiger partial charge in [0.2, 0.25) is 0 Å². The molecule has 1 aromatic rings. The number of rotatable bonds is 4. The Hall–Kier alpha value is -1.42. The fraction of sp³-hybridized carbons (Fsp3) is 0.417. The highest BCUT2D eigenvalue weighted by Gasteiger charge is 2.40. The van der Waals surface area contributed by atoms with Gasteiger partial charge in [0.1, 0.15) is 5.82 Å². The van der Waals surface area contributed by atoms with E-state index in [9.17, 15) is 14.3 Å². The molecule has 0 spiro atoms. The highest BCUT2D eigenvalue weighted by atomic mass is 19.1. The zero-order valence-corrected chi connectivity index (χ0v) is 9.27. The number of hydrogen-bond donors (Lipinski definition) is 2. The van der Waals surface area contributed by atoms with Crippen molar-refractivity contribution in [2.75, 3.05) is 0 Å². The predicted octanol–water partition coefficient (Wildman–Crippen LogP) is 2.15. The molecule has 1 rings (SSSR count). The van der Waals surface area contributed by atoms with Gasteiger partial charge in [0, 0.05) is 5.92 Å². The third-order valence-corrected chi connectivity index (χ3v) is 3.00. The van der Waals surface area contributed by atoms with E-state index in [4.69, 9.17) is 5.11 Å². The van der Waals surface area contributed by atoms with Gasteiger partial charge in [0.05, 0.1) is 0 Å². The Balaban J connectivity index is 3.04. The maximum Gasteiger partial charge on any atom is 0.336 e. The number of aliphatic carboxylic acids is 1. The topological polar surface area (TPSA) is 57.5 Å². The van der Waals surface area contributed by atoms with Gasteiger partial charge >= 0.3 is 5.97 Å². The monoisotopic (exact) mass is 226 g/mol. The lowest BCUT2D eigenvalue weighted by molar-refractivity contribution is -0.161. The molecule has 1 aromatic carbocycles. The second-order valence-corrected chi connectivity index (χ2v) is 3.86. The van der Waals surface area contributed by atoms with Crippen LogP contribution in [0, 0.1) is 5.82 Å². The van der Waals surface area contributed by atoms with Crippen LogP contribution in [0.4, 0.5) is 4.39 Å². The SMILES string of the molecule is CCC(O)(C(=O)O)C(C)c1ccc(F)cc1. The molecule has 2 N–H and O–H groups in total. The van der Waals surface area contributed by atoms with Gasteiger partial charge in [-0.15, -0.1) is 0 Å². The molecule has 3 nitrogen and oxygen atoms in total. The summed E-state index contributed by atoms with van der Waals surface area (Å²) in [4.78, 5) is 11.0. The first-order valence-electron chi connectivity index (χ1n) is 5.13. The number of halogens is 1. The Morgan fingerprint density at radius 3 is 2.31 bits per heavy atom. The second-order valence-electron chi connectivity index (χ2n) is 3.86. The maximum absolute atomic E-state index is 12.7. The number of carbonyl (C=O) groups is 1. The molecule has 0 aromatic heterocycles. The minimum absolute atomic E-state index is 0.0981. The molecule has 0 aliphatic heterocycles. The molecule has 0 aliphatic carbocycles. The summed E-state index contributed by atoms with van der Waals surface area (Å²) in [6.45, 7) is 3.22. The summed E-state index contributed by atoms with van der Waals surface area (Å²) in [6, 6.07) is 5.49. The molecule has 0 fully saturated rings. The van der Waals surface area contributed by atoms with Gasteiger partial charge in [-0.2, -0.15) is 0 Å². The summed E-state index contributed by atoms with van der Waals surface area (Å²) in [5.41, 5.74) is -1.20. The molecular formula is C12H15FO3. The van der Waals surface area contributed by atoms with E-state index in [1.165, 1.54) is 24.3 Å². The van der Waals surface area contributed by atoms with Crippen LogP contribution in [0.1, 0.15) is 31.7 Å². The van der Waals surface area contributed by atoms with E-state index < -0.39 is 17.5 Å². The Kier molecular flexibility index (Phi) is 3.65. The molecule has 2 unspecified atom stereocenters. The van der Waals surface area contributed by atoms with Crippen LogP contribution in [0.2, 0.25) is 0 Å². The van der Waals surface area contributed by atoms with Gasteiger partial charge in [-0.3, -0.25) is 0 Å². The summed E-state index contributed by atoms with van der Waals surface area (Å²) in [5, 5.41) is 19.0. The zero-order valence-electron chi connectivity index (χ0n) is 9.27. The predicted molar refractivity (Wildman–Crippen MR) is 57.7 cm³/mol. The molecule has 0 saturated heterocycles. The maximum atomic E-state index is 12.7. The molecule has 88 valence electrons. The first-order valence-corrected chi connectivity index (χ1v) is 5.13. The lowest BCUT2D eigenvalue weighted by atomic mass is 9.81. The van der Waals surface area contributed by atoms with Crippen LogP contribution >= 0.6 is 0 Å². The van der Waals surface area contributed by atoms with Crippen LogP contribution in [0.3, 0.4) is 0 Å². The van der Waals surface area contributed by atoms with Crippen molar-refractivity contribution in [3.63, 3.8) is 0 Å². The van der Waals surface area contributed by atoms with Gasteiger partial charge in [-0.25, -0.2) is 9.18 Å². The summed E-state index contributed by atoms with van der Waals surface area (Å²) in [7, 11) is 0. The van der Waals surface area contributed by atoms with Crippen LogP contribution in [-0.2, 0) is 4.79 Å². The van der Waals surface area contributed by atoms with Crippen LogP contribution in [0.15, 0.2) is 24.3 Å². The first-order chi connectivity index (χ1) is 7.41. The average Bonchev–Trinajstić information content (AvgIpc) is 2.27.